The van der Waals surface area contributed by atoms with E-state index in [0.717, 1.165) is 30.9 Å². The molecule has 0 aromatic carbocycles. The molecule has 0 spiro atoms. The van der Waals surface area contributed by atoms with Crippen LogP contribution in [0.4, 0.5) is 5.95 Å². The first-order valence-corrected chi connectivity index (χ1v) is 6.79. The van der Waals surface area contributed by atoms with Gasteiger partial charge in [-0.1, -0.05) is 6.07 Å². The largest absolute Gasteiger partial charge is 0.467 e. The topological polar surface area (TPSA) is 72.8 Å². The second kappa shape index (κ2) is 5.40. The molecule has 1 unspecified atom stereocenters. The molecule has 6 nitrogen and oxygen atoms in total. The van der Waals surface area contributed by atoms with E-state index in [0.29, 0.717) is 12.0 Å². The van der Waals surface area contributed by atoms with E-state index in [1.54, 1.807) is 7.11 Å². The van der Waals surface area contributed by atoms with E-state index in [9.17, 15) is 0 Å². The van der Waals surface area contributed by atoms with Gasteiger partial charge in [-0.3, -0.25) is 4.98 Å². The van der Waals surface area contributed by atoms with E-state index in [1.807, 2.05) is 19.2 Å². The van der Waals surface area contributed by atoms with Crippen molar-refractivity contribution in [3.8, 4) is 6.01 Å². The van der Waals surface area contributed by atoms with E-state index in [2.05, 4.69) is 31.3 Å². The molecule has 2 aromatic heterocycles. The fourth-order valence-electron chi connectivity index (χ4n) is 2.52. The molecule has 1 N–H and O–H groups in total. The third-order valence-corrected chi connectivity index (χ3v) is 3.42. The first-order valence-electron chi connectivity index (χ1n) is 6.79. The molecule has 104 valence electrons. The Morgan fingerprint density at radius 3 is 3.05 bits per heavy atom. The molecule has 0 saturated carbocycles. The number of aromatic nitrogens is 4. The van der Waals surface area contributed by atoms with Gasteiger partial charge in [-0.2, -0.15) is 15.0 Å². The Kier molecular flexibility index (Phi) is 3.45. The minimum Gasteiger partial charge on any atom is -0.467 e. The minimum absolute atomic E-state index is 0.125. The van der Waals surface area contributed by atoms with Crippen molar-refractivity contribution in [2.24, 2.45) is 0 Å². The highest BCUT2D eigenvalue weighted by molar-refractivity contribution is 5.35. The van der Waals surface area contributed by atoms with Crippen molar-refractivity contribution in [2.45, 2.75) is 25.7 Å². The lowest BCUT2D eigenvalue weighted by Crippen LogP contribution is -2.11. The number of hydrogen-bond acceptors (Lipinski definition) is 6. The molecule has 0 fully saturated rings. The van der Waals surface area contributed by atoms with Gasteiger partial charge in [-0.05, 0) is 31.4 Å². The van der Waals surface area contributed by atoms with Crippen LogP contribution in [0.15, 0.2) is 18.3 Å². The molecule has 0 amide bonds. The van der Waals surface area contributed by atoms with Gasteiger partial charge >= 0.3 is 6.01 Å². The molecule has 0 radical (unpaired) electrons. The lowest BCUT2D eigenvalue weighted by atomic mass is 10.1. The molecule has 6 heteroatoms. The fourth-order valence-corrected chi connectivity index (χ4v) is 2.52. The molecule has 20 heavy (non-hydrogen) atoms. The van der Waals surface area contributed by atoms with Crippen molar-refractivity contribution >= 4 is 5.95 Å². The summed E-state index contributed by atoms with van der Waals surface area (Å²) in [5.74, 6) is 1.41. The monoisotopic (exact) mass is 271 g/mol. The van der Waals surface area contributed by atoms with Crippen molar-refractivity contribution in [2.75, 3.05) is 19.0 Å². The molecule has 0 saturated heterocycles. The zero-order valence-electron chi connectivity index (χ0n) is 11.6. The Bertz CT molecular complexity index is 616. The maximum absolute atomic E-state index is 5.17. The van der Waals surface area contributed by atoms with Gasteiger partial charge in [0.05, 0.1) is 18.7 Å². The fraction of sp³-hybridized carbons (Fsp3) is 0.429. The third kappa shape index (κ3) is 2.29. The number of ether oxygens (including phenoxy) is 1. The normalized spacial score (nSPS) is 16.8. The van der Waals surface area contributed by atoms with Crippen LogP contribution in [0.5, 0.6) is 6.01 Å². The summed E-state index contributed by atoms with van der Waals surface area (Å²) in [6, 6.07) is 4.43. The number of rotatable bonds is 4. The number of methoxy groups -OCH3 is 1. The molecular weight excluding hydrogens is 254 g/mol. The number of nitrogens with zero attached hydrogens (tertiary/aromatic N) is 4. The summed E-state index contributed by atoms with van der Waals surface area (Å²) in [7, 11) is 1.57. The smallest absolute Gasteiger partial charge is 0.321 e. The van der Waals surface area contributed by atoms with Crippen molar-refractivity contribution in [3.05, 3.63) is 35.4 Å². The van der Waals surface area contributed by atoms with Gasteiger partial charge in [0.15, 0.2) is 0 Å². The van der Waals surface area contributed by atoms with Gasteiger partial charge in [0.1, 0.15) is 5.82 Å². The lowest BCUT2D eigenvalue weighted by Gasteiger charge is -2.11. The van der Waals surface area contributed by atoms with Crippen molar-refractivity contribution in [3.63, 3.8) is 0 Å². The van der Waals surface area contributed by atoms with Crippen LogP contribution in [0.1, 0.15) is 36.3 Å². The molecule has 1 aliphatic rings. The summed E-state index contributed by atoms with van der Waals surface area (Å²) in [6.45, 7) is 2.76. The summed E-state index contributed by atoms with van der Waals surface area (Å²) in [4.78, 5) is 17.6. The van der Waals surface area contributed by atoms with Crippen LogP contribution in [0, 0.1) is 0 Å². The Hall–Kier alpha value is -2.24. The number of nitrogens with one attached hydrogen (secondary N) is 1. The summed E-state index contributed by atoms with van der Waals surface area (Å²) in [6.07, 6.45) is 3.81. The van der Waals surface area contributed by atoms with E-state index in [1.165, 1.54) is 5.56 Å². The summed E-state index contributed by atoms with van der Waals surface area (Å²) in [5, 5.41) is 3.11. The highest BCUT2D eigenvalue weighted by Gasteiger charge is 2.28. The molecule has 2 aromatic rings. The molecule has 3 rings (SSSR count). The Balaban J connectivity index is 2.00. The Morgan fingerprint density at radius 1 is 1.35 bits per heavy atom. The predicted molar refractivity (Wildman–Crippen MR) is 74.9 cm³/mol. The average Bonchev–Trinajstić information content (AvgIpc) is 2.91. The molecule has 1 atom stereocenters. The van der Waals surface area contributed by atoms with E-state index in [4.69, 9.17) is 4.74 Å². The Morgan fingerprint density at radius 2 is 2.25 bits per heavy atom. The molecule has 0 aliphatic heterocycles. The number of anilines is 1. The predicted octanol–water partition coefficient (Wildman–Crippen LogP) is 1.79. The van der Waals surface area contributed by atoms with Gasteiger partial charge in [0.25, 0.3) is 0 Å². The average molecular weight is 271 g/mol. The van der Waals surface area contributed by atoms with Crippen LogP contribution in [0.3, 0.4) is 0 Å². The standard InChI is InChI=1S/C14H17N5O/c1-3-15-13-17-12(18-14(19-13)20-2)10-7-6-9-5-4-8-16-11(9)10/h4-5,8,10H,3,6-7H2,1-2H3,(H,15,17,18,19). The van der Waals surface area contributed by atoms with Crippen molar-refractivity contribution in [1.29, 1.82) is 0 Å². The SMILES string of the molecule is CCNc1nc(OC)nc(C2CCc3cccnc32)n1. The van der Waals surface area contributed by atoms with Crippen LogP contribution in [0.25, 0.3) is 0 Å². The zero-order valence-corrected chi connectivity index (χ0v) is 11.6. The molecular formula is C14H17N5O. The van der Waals surface area contributed by atoms with Gasteiger partial charge in [-0.25, -0.2) is 0 Å². The molecule has 2 heterocycles. The van der Waals surface area contributed by atoms with E-state index in [-0.39, 0.29) is 5.92 Å². The first kappa shape index (κ1) is 12.8. The Labute approximate surface area is 117 Å². The number of pyridine rings is 1. The first-order chi connectivity index (χ1) is 9.81. The van der Waals surface area contributed by atoms with Crippen LogP contribution in [-0.4, -0.2) is 33.6 Å². The van der Waals surface area contributed by atoms with Crippen LogP contribution in [-0.2, 0) is 6.42 Å². The van der Waals surface area contributed by atoms with Crippen LogP contribution >= 0.6 is 0 Å². The van der Waals surface area contributed by atoms with Crippen molar-refractivity contribution < 1.29 is 4.74 Å². The molecule has 0 bridgehead atoms. The minimum atomic E-state index is 0.125. The summed E-state index contributed by atoms with van der Waals surface area (Å²) in [5.41, 5.74) is 2.35. The molecule has 1 aliphatic carbocycles. The maximum atomic E-state index is 5.17. The zero-order chi connectivity index (χ0) is 13.9. The van der Waals surface area contributed by atoms with Crippen LogP contribution in [0.2, 0.25) is 0 Å². The number of aryl methyl sites for hydroxylation is 1. The van der Waals surface area contributed by atoms with Gasteiger partial charge in [0, 0.05) is 12.7 Å². The van der Waals surface area contributed by atoms with Gasteiger partial charge in [0.2, 0.25) is 5.95 Å². The van der Waals surface area contributed by atoms with Gasteiger partial charge in [-0.15, -0.1) is 0 Å². The maximum Gasteiger partial charge on any atom is 0.321 e. The summed E-state index contributed by atoms with van der Waals surface area (Å²) >= 11 is 0. The van der Waals surface area contributed by atoms with E-state index >= 15 is 0 Å². The highest BCUT2D eigenvalue weighted by atomic mass is 16.5. The van der Waals surface area contributed by atoms with E-state index < -0.39 is 0 Å². The second-order valence-corrected chi connectivity index (χ2v) is 4.67. The van der Waals surface area contributed by atoms with Gasteiger partial charge < -0.3 is 10.1 Å². The summed E-state index contributed by atoms with van der Waals surface area (Å²) < 4.78 is 5.17. The van der Waals surface area contributed by atoms with Crippen molar-refractivity contribution in [1.82, 2.24) is 19.9 Å². The van der Waals surface area contributed by atoms with Crippen LogP contribution < -0.4 is 10.1 Å². The quantitative estimate of drug-likeness (QED) is 0.914. The number of hydrogen-bond donors (Lipinski definition) is 1. The lowest BCUT2D eigenvalue weighted by molar-refractivity contribution is 0.375. The second-order valence-electron chi connectivity index (χ2n) is 4.67. The number of fused-ring (bicyclic) bond motifs is 1. The third-order valence-electron chi connectivity index (χ3n) is 3.42. The highest BCUT2D eigenvalue weighted by Crippen LogP contribution is 2.35.